The van der Waals surface area contributed by atoms with Gasteiger partial charge in [-0.1, -0.05) is 36.4 Å². The number of halogens is 1. The number of hydrogen-bond acceptors (Lipinski definition) is 6. The van der Waals surface area contributed by atoms with Crippen molar-refractivity contribution in [1.29, 1.82) is 0 Å². The van der Waals surface area contributed by atoms with Gasteiger partial charge >= 0.3 is 0 Å². The van der Waals surface area contributed by atoms with Gasteiger partial charge in [-0.3, -0.25) is 24.6 Å². The first-order chi connectivity index (χ1) is 22.9. The predicted molar refractivity (Wildman–Crippen MR) is 186 cm³/mol. The number of fused-ring (bicyclic) bond motifs is 1. The molecule has 10 heteroatoms. The molecule has 0 unspecified atom stereocenters. The molecule has 7 rings (SSSR count). The molecule has 2 aromatic heterocycles. The van der Waals surface area contributed by atoms with E-state index >= 15 is 0 Å². The minimum absolute atomic E-state index is 0.0780. The summed E-state index contributed by atoms with van der Waals surface area (Å²) in [6.45, 7) is 2.71. The van der Waals surface area contributed by atoms with E-state index in [1.54, 1.807) is 18.3 Å². The van der Waals surface area contributed by atoms with Gasteiger partial charge in [0.2, 0.25) is 11.8 Å². The molecule has 5 aromatic rings. The molecule has 1 saturated heterocycles. The van der Waals surface area contributed by atoms with E-state index in [1.165, 1.54) is 35.0 Å². The molecule has 4 heterocycles. The Morgan fingerprint density at radius 3 is 2.49 bits per heavy atom. The first-order valence-electron chi connectivity index (χ1n) is 15.7. The number of nitrogens with zero attached hydrogens (tertiary/aromatic N) is 4. The third kappa shape index (κ3) is 6.43. The van der Waals surface area contributed by atoms with Crippen LogP contribution in [0.1, 0.15) is 18.4 Å². The van der Waals surface area contributed by atoms with Crippen LogP contribution in [-0.2, 0) is 9.59 Å². The van der Waals surface area contributed by atoms with Crippen molar-refractivity contribution < 1.29 is 14.0 Å². The Bertz CT molecular complexity index is 1940. The molecule has 2 aliphatic rings. The molecule has 47 heavy (non-hydrogen) atoms. The summed E-state index contributed by atoms with van der Waals surface area (Å²) in [5.74, 6) is -0.301. The monoisotopic (exact) mass is 646 g/mol. The van der Waals surface area contributed by atoms with Crippen molar-refractivity contribution in [3.63, 3.8) is 0 Å². The normalized spacial score (nSPS) is 18.3. The minimum atomic E-state index is -0.665. The lowest BCUT2D eigenvalue weighted by atomic mass is 9.97. The van der Waals surface area contributed by atoms with Crippen LogP contribution in [0.15, 0.2) is 97.2 Å². The van der Waals surface area contributed by atoms with Gasteiger partial charge in [-0.05, 0) is 84.8 Å². The molecule has 1 fully saturated rings. The number of nitrogens with one attached hydrogen (secondary N) is 2. The van der Waals surface area contributed by atoms with Gasteiger partial charge in [0.1, 0.15) is 10.6 Å². The predicted octanol–water partition coefficient (Wildman–Crippen LogP) is 6.49. The Hall–Kier alpha value is -4.80. The number of pyridine rings is 1. The Labute approximate surface area is 277 Å². The molecule has 2 aliphatic heterocycles. The van der Waals surface area contributed by atoms with E-state index in [0.29, 0.717) is 50.5 Å². The maximum atomic E-state index is 13.7. The minimum Gasteiger partial charge on any atom is -0.338 e. The maximum absolute atomic E-state index is 13.7. The molecule has 0 aliphatic carbocycles. The Kier molecular flexibility index (Phi) is 8.62. The molecule has 0 saturated carbocycles. The average molecular weight is 647 g/mol. The number of likely N-dealkylation sites (tertiary alicyclic amines) is 1. The van der Waals surface area contributed by atoms with Crippen LogP contribution in [0.4, 0.5) is 10.1 Å². The zero-order chi connectivity index (χ0) is 32.4. The highest BCUT2D eigenvalue weighted by Gasteiger charge is 2.44. The van der Waals surface area contributed by atoms with Crippen LogP contribution in [-0.4, -0.2) is 80.5 Å². The fourth-order valence-electron chi connectivity index (χ4n) is 6.44. The summed E-state index contributed by atoms with van der Waals surface area (Å²) in [6, 6.07) is 26.2. The number of amides is 2. The van der Waals surface area contributed by atoms with Crippen LogP contribution in [0.5, 0.6) is 0 Å². The number of aromatic amines is 1. The summed E-state index contributed by atoms with van der Waals surface area (Å²) in [6.07, 6.45) is 7.36. The van der Waals surface area contributed by atoms with Gasteiger partial charge in [-0.25, -0.2) is 4.39 Å². The van der Waals surface area contributed by atoms with E-state index in [-0.39, 0.29) is 17.6 Å². The van der Waals surface area contributed by atoms with Crippen molar-refractivity contribution in [2.75, 3.05) is 44.3 Å². The molecule has 2 N–H and O–H groups in total. The van der Waals surface area contributed by atoms with Crippen LogP contribution >= 0.6 is 11.8 Å². The van der Waals surface area contributed by atoms with Gasteiger partial charge in [0, 0.05) is 54.6 Å². The third-order valence-corrected chi connectivity index (χ3v) is 10.5. The summed E-state index contributed by atoms with van der Waals surface area (Å²) in [7, 11) is 0. The molecule has 0 bridgehead atoms. The Morgan fingerprint density at radius 1 is 0.979 bits per heavy atom. The quantitative estimate of drug-likeness (QED) is 0.200. The lowest BCUT2D eigenvalue weighted by Crippen LogP contribution is -2.45. The van der Waals surface area contributed by atoms with E-state index in [0.717, 1.165) is 34.1 Å². The second-order valence-corrected chi connectivity index (χ2v) is 13.3. The van der Waals surface area contributed by atoms with E-state index in [2.05, 4.69) is 55.7 Å². The SMILES string of the molecule is CS[C@@]1(C(=O)Nc2ccc3[nH]nc(-c4ccc(F)cc4)c3c2)CCN(CC(=O)N2CC=C(c3ccc(-c4ccccn4)cc3)CC2)C1. The van der Waals surface area contributed by atoms with Crippen LogP contribution < -0.4 is 5.32 Å². The van der Waals surface area contributed by atoms with Gasteiger partial charge < -0.3 is 10.2 Å². The van der Waals surface area contributed by atoms with Gasteiger partial charge in [0.15, 0.2) is 0 Å². The standard InChI is InChI=1S/C37H35FN6O2S/c1-47-37(36(46)40-30-13-14-33-31(22-30)35(42-41-33)28-9-11-29(38)12-10-28)17-21-43(24-37)23-34(45)44-19-15-26(16-20-44)25-5-7-27(8-6-25)32-4-2-3-18-39-32/h2-15,18,22H,16-17,19-21,23-24H2,1H3,(H,40,46)(H,41,42)/t37-/m0/s1. The van der Waals surface area contributed by atoms with Gasteiger partial charge in [0.05, 0.1) is 23.4 Å². The number of anilines is 1. The van der Waals surface area contributed by atoms with Crippen LogP contribution in [0.2, 0.25) is 0 Å². The summed E-state index contributed by atoms with van der Waals surface area (Å²) >= 11 is 1.53. The molecular weight excluding hydrogens is 612 g/mol. The largest absolute Gasteiger partial charge is 0.338 e. The molecule has 2 amide bonds. The summed E-state index contributed by atoms with van der Waals surface area (Å²) < 4.78 is 12.8. The van der Waals surface area contributed by atoms with Crippen molar-refractivity contribution in [1.82, 2.24) is 25.0 Å². The Morgan fingerprint density at radius 2 is 1.77 bits per heavy atom. The van der Waals surface area contributed by atoms with Crippen molar-refractivity contribution >= 4 is 45.7 Å². The highest BCUT2D eigenvalue weighted by molar-refractivity contribution is 8.00. The van der Waals surface area contributed by atoms with Crippen LogP contribution in [0, 0.1) is 5.82 Å². The zero-order valence-electron chi connectivity index (χ0n) is 26.1. The number of thioether (sulfide) groups is 1. The maximum Gasteiger partial charge on any atom is 0.241 e. The highest BCUT2D eigenvalue weighted by atomic mass is 32.2. The molecule has 0 radical (unpaired) electrons. The van der Waals surface area contributed by atoms with E-state index < -0.39 is 4.75 Å². The van der Waals surface area contributed by atoms with Crippen molar-refractivity contribution in [3.8, 4) is 22.5 Å². The van der Waals surface area contributed by atoms with Crippen LogP contribution in [0.3, 0.4) is 0 Å². The number of carbonyl (C=O) groups excluding carboxylic acids is 2. The van der Waals surface area contributed by atoms with E-state index in [1.807, 2.05) is 47.6 Å². The summed E-state index contributed by atoms with van der Waals surface area (Å²) in [4.78, 5) is 35.5. The van der Waals surface area contributed by atoms with Crippen molar-refractivity contribution in [2.45, 2.75) is 17.6 Å². The first-order valence-corrected chi connectivity index (χ1v) is 16.9. The second kappa shape index (κ2) is 13.1. The van der Waals surface area contributed by atoms with Gasteiger partial charge in [-0.15, -0.1) is 11.8 Å². The lowest BCUT2D eigenvalue weighted by molar-refractivity contribution is -0.132. The first kappa shape index (κ1) is 30.8. The second-order valence-electron chi connectivity index (χ2n) is 12.1. The average Bonchev–Trinajstić information content (AvgIpc) is 3.74. The number of aromatic nitrogens is 3. The highest BCUT2D eigenvalue weighted by Crippen LogP contribution is 2.36. The Balaban J connectivity index is 0.960. The topological polar surface area (TPSA) is 94.2 Å². The number of hydrogen-bond donors (Lipinski definition) is 2. The fraction of sp³-hybridized carbons (Fsp3) is 0.243. The lowest BCUT2D eigenvalue weighted by Gasteiger charge is -2.29. The van der Waals surface area contributed by atoms with Gasteiger partial charge in [0.25, 0.3) is 0 Å². The smallest absolute Gasteiger partial charge is 0.241 e. The molecule has 0 spiro atoms. The molecule has 3 aromatic carbocycles. The van der Waals surface area contributed by atoms with Crippen LogP contribution in [0.25, 0.3) is 39.0 Å². The van der Waals surface area contributed by atoms with Crippen molar-refractivity contribution in [3.05, 3.63) is 109 Å². The molecule has 1 atom stereocenters. The number of carbonyl (C=O) groups is 2. The number of benzene rings is 3. The van der Waals surface area contributed by atoms with E-state index in [4.69, 9.17) is 0 Å². The van der Waals surface area contributed by atoms with Crippen molar-refractivity contribution in [2.24, 2.45) is 0 Å². The number of H-pyrrole nitrogens is 1. The van der Waals surface area contributed by atoms with E-state index in [9.17, 15) is 14.0 Å². The third-order valence-electron chi connectivity index (χ3n) is 9.19. The van der Waals surface area contributed by atoms with Gasteiger partial charge in [-0.2, -0.15) is 5.10 Å². The number of rotatable bonds is 8. The zero-order valence-corrected chi connectivity index (χ0v) is 26.9. The fourth-order valence-corrected chi connectivity index (χ4v) is 7.28. The summed E-state index contributed by atoms with van der Waals surface area (Å²) in [5.41, 5.74) is 7.42. The molecule has 238 valence electrons. The summed E-state index contributed by atoms with van der Waals surface area (Å²) in [5, 5.41) is 11.4. The molecule has 8 nitrogen and oxygen atoms in total. The molecular formula is C37H35FN6O2S.